The molecule has 2 heteroatoms. The minimum atomic E-state index is 0.0366. The molecule has 0 nitrogen and oxygen atoms in total. The minimum absolute atomic E-state index is 0.0366. The van der Waals surface area contributed by atoms with Crippen LogP contribution in [0.25, 0.3) is 5.57 Å². The fourth-order valence-corrected chi connectivity index (χ4v) is 3.05. The van der Waals surface area contributed by atoms with Crippen molar-refractivity contribution in [3.63, 3.8) is 0 Å². The topological polar surface area (TPSA) is 0 Å². The summed E-state index contributed by atoms with van der Waals surface area (Å²) in [6.07, 6.45) is 6.28. The predicted octanol–water partition coefficient (Wildman–Crippen LogP) is 4.48. The fourth-order valence-electron chi connectivity index (χ4n) is 2.26. The van der Waals surface area contributed by atoms with Crippen molar-refractivity contribution in [1.29, 1.82) is 0 Å². The van der Waals surface area contributed by atoms with Gasteiger partial charge in [-0.15, -0.1) is 11.3 Å². The molecule has 0 N–H and O–H groups in total. The van der Waals surface area contributed by atoms with E-state index in [1.54, 1.807) is 17.4 Å². The van der Waals surface area contributed by atoms with Crippen molar-refractivity contribution in [1.82, 2.24) is 0 Å². The number of allylic oxidation sites excluding steroid dienone is 6. The largest absolute Gasteiger partial charge is 0.212 e. The van der Waals surface area contributed by atoms with Gasteiger partial charge in [-0.3, -0.25) is 0 Å². The zero-order valence-corrected chi connectivity index (χ0v) is 9.11. The minimum Gasteiger partial charge on any atom is -0.212 e. The van der Waals surface area contributed by atoms with Crippen LogP contribution in [0.15, 0.2) is 46.6 Å². The molecule has 0 radical (unpaired) electrons. The Morgan fingerprint density at radius 2 is 2.20 bits per heavy atom. The maximum absolute atomic E-state index is 13.1. The van der Waals surface area contributed by atoms with Crippen LogP contribution in [-0.4, -0.2) is 0 Å². The van der Waals surface area contributed by atoms with E-state index in [0.717, 1.165) is 12.8 Å². The fraction of sp³-hybridized carbons (Fsp3) is 0.231. The number of halogens is 1. The molecule has 0 fully saturated rings. The SMILES string of the molecule is FC1=CC2=C(CC1)C(c1cccs1)=CC2. The van der Waals surface area contributed by atoms with E-state index < -0.39 is 0 Å². The van der Waals surface area contributed by atoms with Crippen LogP contribution >= 0.6 is 11.3 Å². The molecule has 0 unspecified atom stereocenters. The summed E-state index contributed by atoms with van der Waals surface area (Å²) in [6.45, 7) is 0. The summed E-state index contributed by atoms with van der Waals surface area (Å²) in [6, 6.07) is 4.21. The first-order valence-electron chi connectivity index (χ1n) is 5.17. The van der Waals surface area contributed by atoms with E-state index in [1.807, 2.05) is 0 Å². The zero-order chi connectivity index (χ0) is 10.3. The molecule has 1 aromatic rings. The van der Waals surface area contributed by atoms with Gasteiger partial charge >= 0.3 is 0 Å². The molecule has 1 heterocycles. The Balaban J connectivity index is 2.01. The highest BCUT2D eigenvalue weighted by Crippen LogP contribution is 2.42. The lowest BCUT2D eigenvalue weighted by Crippen LogP contribution is -1.94. The monoisotopic (exact) mass is 218 g/mol. The molecule has 0 aromatic carbocycles. The van der Waals surface area contributed by atoms with E-state index in [4.69, 9.17) is 0 Å². The van der Waals surface area contributed by atoms with Gasteiger partial charge in [0.05, 0.1) is 0 Å². The van der Waals surface area contributed by atoms with E-state index in [0.29, 0.717) is 6.42 Å². The maximum atomic E-state index is 13.1. The van der Waals surface area contributed by atoms with Crippen molar-refractivity contribution in [2.45, 2.75) is 19.3 Å². The Morgan fingerprint density at radius 1 is 1.27 bits per heavy atom. The van der Waals surface area contributed by atoms with E-state index in [9.17, 15) is 4.39 Å². The standard InChI is InChI=1S/C13H11FS/c14-10-4-6-11-9(8-10)3-5-12(11)13-2-1-7-15-13/h1-2,5,7-8H,3-4,6H2. The van der Waals surface area contributed by atoms with E-state index in [-0.39, 0.29) is 5.83 Å². The molecule has 2 aliphatic rings. The van der Waals surface area contributed by atoms with Gasteiger partial charge in [-0.25, -0.2) is 4.39 Å². The quantitative estimate of drug-likeness (QED) is 0.652. The molecule has 0 aliphatic heterocycles. The Bertz CT molecular complexity index is 475. The van der Waals surface area contributed by atoms with Gasteiger partial charge < -0.3 is 0 Å². The first-order chi connectivity index (χ1) is 7.34. The molecule has 2 aliphatic carbocycles. The second-order valence-electron chi connectivity index (χ2n) is 3.89. The first kappa shape index (κ1) is 9.10. The lowest BCUT2D eigenvalue weighted by Gasteiger charge is -2.13. The van der Waals surface area contributed by atoms with Gasteiger partial charge in [-0.2, -0.15) is 0 Å². The van der Waals surface area contributed by atoms with E-state index in [1.165, 1.54) is 21.6 Å². The highest BCUT2D eigenvalue weighted by Gasteiger charge is 2.21. The third-order valence-corrected chi connectivity index (χ3v) is 3.87. The molecule has 0 bridgehead atoms. The smallest absolute Gasteiger partial charge is 0.101 e. The van der Waals surface area contributed by atoms with Gasteiger partial charge in [-0.05, 0) is 47.1 Å². The summed E-state index contributed by atoms with van der Waals surface area (Å²) in [5.41, 5.74) is 3.88. The Labute approximate surface area is 92.4 Å². The van der Waals surface area contributed by atoms with Gasteiger partial charge in [0.1, 0.15) is 5.83 Å². The normalized spacial score (nSPS) is 20.1. The van der Waals surface area contributed by atoms with Crippen LogP contribution in [0.1, 0.15) is 24.1 Å². The Kier molecular flexibility index (Phi) is 2.10. The van der Waals surface area contributed by atoms with Crippen LogP contribution in [0.4, 0.5) is 4.39 Å². The summed E-state index contributed by atoms with van der Waals surface area (Å²) in [5, 5.41) is 2.09. The number of thiophene rings is 1. The molecule has 3 rings (SSSR count). The van der Waals surface area contributed by atoms with Gasteiger partial charge in [-0.1, -0.05) is 12.1 Å². The van der Waals surface area contributed by atoms with Crippen molar-refractivity contribution in [3.8, 4) is 0 Å². The van der Waals surface area contributed by atoms with Gasteiger partial charge in [0.15, 0.2) is 0 Å². The van der Waals surface area contributed by atoms with Crippen LogP contribution in [-0.2, 0) is 0 Å². The summed E-state index contributed by atoms with van der Waals surface area (Å²) >= 11 is 1.76. The van der Waals surface area contributed by atoms with Gasteiger partial charge in [0, 0.05) is 11.3 Å². The van der Waals surface area contributed by atoms with Crippen LogP contribution in [0.3, 0.4) is 0 Å². The molecule has 0 saturated heterocycles. The molecule has 0 amide bonds. The van der Waals surface area contributed by atoms with Crippen molar-refractivity contribution >= 4 is 16.9 Å². The van der Waals surface area contributed by atoms with Crippen LogP contribution < -0.4 is 0 Å². The lowest BCUT2D eigenvalue weighted by atomic mass is 9.95. The average molecular weight is 218 g/mol. The van der Waals surface area contributed by atoms with E-state index in [2.05, 4.69) is 23.6 Å². The maximum Gasteiger partial charge on any atom is 0.101 e. The molecular formula is C13H11FS. The molecule has 0 spiro atoms. The Hall–Kier alpha value is -1.15. The Morgan fingerprint density at radius 3 is 3.00 bits per heavy atom. The predicted molar refractivity (Wildman–Crippen MR) is 62.4 cm³/mol. The second kappa shape index (κ2) is 3.46. The first-order valence-corrected chi connectivity index (χ1v) is 6.05. The number of rotatable bonds is 1. The second-order valence-corrected chi connectivity index (χ2v) is 4.84. The third-order valence-electron chi connectivity index (χ3n) is 2.97. The van der Waals surface area contributed by atoms with Gasteiger partial charge in [0.25, 0.3) is 0 Å². The van der Waals surface area contributed by atoms with Crippen molar-refractivity contribution < 1.29 is 4.39 Å². The molecule has 0 saturated carbocycles. The van der Waals surface area contributed by atoms with Gasteiger partial charge in [0.2, 0.25) is 0 Å². The lowest BCUT2D eigenvalue weighted by molar-refractivity contribution is 0.581. The van der Waals surface area contributed by atoms with Crippen LogP contribution in [0.5, 0.6) is 0 Å². The number of hydrogen-bond acceptors (Lipinski definition) is 1. The summed E-state index contributed by atoms with van der Waals surface area (Å²) in [5.74, 6) is 0.0366. The highest BCUT2D eigenvalue weighted by molar-refractivity contribution is 7.11. The average Bonchev–Trinajstić information content (AvgIpc) is 2.82. The summed E-state index contributed by atoms with van der Waals surface area (Å²) < 4.78 is 13.1. The summed E-state index contributed by atoms with van der Waals surface area (Å²) in [7, 11) is 0. The van der Waals surface area contributed by atoms with Crippen molar-refractivity contribution in [3.05, 3.63) is 51.5 Å². The number of hydrogen-bond donors (Lipinski definition) is 0. The molecular weight excluding hydrogens is 207 g/mol. The van der Waals surface area contributed by atoms with Crippen LogP contribution in [0, 0.1) is 0 Å². The summed E-state index contributed by atoms with van der Waals surface area (Å²) in [4.78, 5) is 1.32. The third kappa shape index (κ3) is 1.49. The van der Waals surface area contributed by atoms with Crippen molar-refractivity contribution in [2.24, 2.45) is 0 Å². The van der Waals surface area contributed by atoms with Crippen molar-refractivity contribution in [2.75, 3.05) is 0 Å². The molecule has 76 valence electrons. The zero-order valence-electron chi connectivity index (χ0n) is 8.29. The highest BCUT2D eigenvalue weighted by atomic mass is 32.1. The molecule has 0 atom stereocenters. The van der Waals surface area contributed by atoms with Crippen LogP contribution in [0.2, 0.25) is 0 Å². The van der Waals surface area contributed by atoms with E-state index >= 15 is 0 Å². The molecule has 1 aromatic heterocycles. The molecule has 15 heavy (non-hydrogen) atoms.